The number of hydrogen-bond acceptors (Lipinski definition) is 7. The zero-order valence-corrected chi connectivity index (χ0v) is 19.6. The van der Waals surface area contributed by atoms with Crippen molar-refractivity contribution in [2.75, 3.05) is 20.8 Å². The number of fused-ring (bicyclic) bond motifs is 1. The quantitative estimate of drug-likeness (QED) is 0.524. The smallest absolute Gasteiger partial charge is 0.338 e. The molecule has 0 radical (unpaired) electrons. The molecule has 0 saturated heterocycles. The van der Waals surface area contributed by atoms with Crippen LogP contribution in [0, 0.1) is 0 Å². The molecule has 2 heterocycles. The Labute approximate surface area is 194 Å². The van der Waals surface area contributed by atoms with E-state index in [0.717, 1.165) is 11.1 Å². The molecule has 170 valence electrons. The van der Waals surface area contributed by atoms with Gasteiger partial charge in [-0.25, -0.2) is 9.79 Å². The van der Waals surface area contributed by atoms with E-state index in [1.807, 2.05) is 36.4 Å². The van der Waals surface area contributed by atoms with Crippen molar-refractivity contribution >= 4 is 23.4 Å². The van der Waals surface area contributed by atoms with Crippen LogP contribution in [0.3, 0.4) is 0 Å². The van der Waals surface area contributed by atoms with E-state index in [9.17, 15) is 9.59 Å². The first-order chi connectivity index (χ1) is 16.0. The highest BCUT2D eigenvalue weighted by atomic mass is 32.1. The summed E-state index contributed by atoms with van der Waals surface area (Å²) in [5.41, 5.74) is 2.26. The van der Waals surface area contributed by atoms with Gasteiger partial charge in [0.15, 0.2) is 4.80 Å². The molecular weight excluding hydrogens is 440 g/mol. The van der Waals surface area contributed by atoms with E-state index in [1.165, 1.54) is 11.3 Å². The van der Waals surface area contributed by atoms with Gasteiger partial charge in [-0.2, -0.15) is 0 Å². The summed E-state index contributed by atoms with van der Waals surface area (Å²) in [6.07, 6.45) is 1.81. The number of methoxy groups -OCH3 is 2. The van der Waals surface area contributed by atoms with Gasteiger partial charge >= 0.3 is 5.97 Å². The standard InChI is InChI=1S/C25H24N2O5S/c1-5-32-24(29)21-15(2)26-25-27(22(21)17-9-11-18(30-3)12-10-17)23(28)20(33-25)14-16-7-6-8-19(13-16)31-4/h6-14,22H,5H2,1-4H3/b20-14+. The predicted molar refractivity (Wildman–Crippen MR) is 126 cm³/mol. The van der Waals surface area contributed by atoms with Crippen LogP contribution >= 0.6 is 11.3 Å². The van der Waals surface area contributed by atoms with Crippen molar-refractivity contribution in [3.05, 3.63) is 90.6 Å². The molecule has 1 atom stereocenters. The van der Waals surface area contributed by atoms with Gasteiger partial charge in [0.2, 0.25) is 0 Å². The highest BCUT2D eigenvalue weighted by Crippen LogP contribution is 2.31. The van der Waals surface area contributed by atoms with Crippen molar-refractivity contribution in [1.82, 2.24) is 4.57 Å². The average molecular weight is 465 g/mol. The van der Waals surface area contributed by atoms with Crippen LogP contribution in [0.1, 0.15) is 31.0 Å². The number of ether oxygens (including phenoxy) is 3. The van der Waals surface area contributed by atoms with Crippen molar-refractivity contribution < 1.29 is 19.0 Å². The maximum absolute atomic E-state index is 13.6. The number of nitrogens with zero attached hydrogens (tertiary/aromatic N) is 2. The molecule has 2 aromatic carbocycles. The van der Waals surface area contributed by atoms with Gasteiger partial charge in [-0.05, 0) is 55.3 Å². The lowest BCUT2D eigenvalue weighted by molar-refractivity contribution is -0.139. The predicted octanol–water partition coefficient (Wildman–Crippen LogP) is 2.82. The van der Waals surface area contributed by atoms with Gasteiger partial charge < -0.3 is 14.2 Å². The second-order valence-corrected chi connectivity index (χ2v) is 8.36. The fraction of sp³-hybridized carbons (Fsp3) is 0.240. The summed E-state index contributed by atoms with van der Waals surface area (Å²) in [5, 5.41) is 0. The van der Waals surface area contributed by atoms with Crippen LogP contribution in [0.5, 0.6) is 11.5 Å². The van der Waals surface area contributed by atoms with Gasteiger partial charge in [-0.3, -0.25) is 9.36 Å². The summed E-state index contributed by atoms with van der Waals surface area (Å²) in [6, 6.07) is 14.1. The molecule has 0 spiro atoms. The fourth-order valence-electron chi connectivity index (χ4n) is 3.78. The number of hydrogen-bond donors (Lipinski definition) is 0. The number of carbonyl (C=O) groups is 1. The lowest BCUT2D eigenvalue weighted by atomic mass is 9.96. The Kier molecular flexibility index (Phi) is 6.46. The molecule has 1 aromatic heterocycles. The van der Waals surface area contributed by atoms with E-state index >= 15 is 0 Å². The van der Waals surface area contributed by atoms with Crippen LogP contribution in [-0.2, 0) is 9.53 Å². The number of aromatic nitrogens is 1. The van der Waals surface area contributed by atoms with Crippen molar-refractivity contribution in [1.29, 1.82) is 0 Å². The minimum Gasteiger partial charge on any atom is -0.497 e. The summed E-state index contributed by atoms with van der Waals surface area (Å²) >= 11 is 1.28. The topological polar surface area (TPSA) is 79.1 Å². The Balaban J connectivity index is 1.93. The maximum Gasteiger partial charge on any atom is 0.338 e. The number of carbonyl (C=O) groups excluding carboxylic acids is 1. The third-order valence-corrected chi connectivity index (χ3v) is 6.32. The highest BCUT2D eigenvalue weighted by Gasteiger charge is 2.33. The summed E-state index contributed by atoms with van der Waals surface area (Å²) in [5.74, 6) is 0.900. The molecule has 0 bridgehead atoms. The lowest BCUT2D eigenvalue weighted by Crippen LogP contribution is -2.39. The molecule has 0 N–H and O–H groups in total. The molecule has 0 amide bonds. The first kappa shape index (κ1) is 22.5. The molecule has 3 aromatic rings. The summed E-state index contributed by atoms with van der Waals surface area (Å²) in [7, 11) is 3.19. The second-order valence-electron chi connectivity index (χ2n) is 7.35. The summed E-state index contributed by atoms with van der Waals surface area (Å²) < 4.78 is 18.0. The van der Waals surface area contributed by atoms with Crippen molar-refractivity contribution in [3.63, 3.8) is 0 Å². The maximum atomic E-state index is 13.6. The molecule has 33 heavy (non-hydrogen) atoms. The molecule has 8 heteroatoms. The van der Waals surface area contributed by atoms with Crippen molar-refractivity contribution in [2.45, 2.75) is 19.9 Å². The minimum atomic E-state index is -0.654. The zero-order chi connectivity index (χ0) is 23.5. The van der Waals surface area contributed by atoms with Gasteiger partial charge in [0, 0.05) is 0 Å². The Hall–Kier alpha value is -3.65. The molecule has 4 rings (SSSR count). The van der Waals surface area contributed by atoms with Crippen LogP contribution in [0.2, 0.25) is 0 Å². The average Bonchev–Trinajstić information content (AvgIpc) is 3.12. The normalized spacial score (nSPS) is 15.6. The van der Waals surface area contributed by atoms with Crippen LogP contribution in [0.4, 0.5) is 0 Å². The van der Waals surface area contributed by atoms with Crippen LogP contribution in [0.15, 0.2) is 69.6 Å². The van der Waals surface area contributed by atoms with Gasteiger partial charge in [0.05, 0.1) is 42.7 Å². The van der Waals surface area contributed by atoms with Crippen molar-refractivity contribution in [3.8, 4) is 11.5 Å². The monoisotopic (exact) mass is 464 g/mol. The molecule has 0 saturated carbocycles. The molecule has 0 fully saturated rings. The van der Waals surface area contributed by atoms with E-state index in [4.69, 9.17) is 14.2 Å². The van der Waals surface area contributed by atoms with Crippen molar-refractivity contribution in [2.24, 2.45) is 4.99 Å². The molecule has 1 aliphatic rings. The van der Waals surface area contributed by atoms with Crippen LogP contribution in [0.25, 0.3) is 6.08 Å². The molecule has 0 aliphatic carbocycles. The van der Waals surface area contributed by atoms with Gasteiger partial charge in [0.1, 0.15) is 11.5 Å². The lowest BCUT2D eigenvalue weighted by Gasteiger charge is -2.24. The van der Waals surface area contributed by atoms with Crippen LogP contribution in [-0.4, -0.2) is 31.4 Å². The largest absolute Gasteiger partial charge is 0.497 e. The van der Waals surface area contributed by atoms with E-state index in [1.54, 1.807) is 50.8 Å². The Morgan fingerprint density at radius 1 is 1.12 bits per heavy atom. The van der Waals surface area contributed by atoms with Crippen LogP contribution < -0.4 is 24.4 Å². The first-order valence-electron chi connectivity index (χ1n) is 10.4. The van der Waals surface area contributed by atoms with Gasteiger partial charge in [-0.1, -0.05) is 35.6 Å². The SMILES string of the molecule is CCOC(=O)C1=C(C)N=c2s/c(=C/c3cccc(OC)c3)c(=O)n2C1c1ccc(OC)cc1. The number of benzene rings is 2. The molecule has 1 unspecified atom stereocenters. The number of thiazole rings is 1. The fourth-order valence-corrected chi connectivity index (χ4v) is 4.82. The number of rotatable bonds is 6. The van der Waals surface area contributed by atoms with E-state index < -0.39 is 12.0 Å². The van der Waals surface area contributed by atoms with E-state index in [-0.39, 0.29) is 12.2 Å². The Morgan fingerprint density at radius 2 is 1.85 bits per heavy atom. The molecule has 7 nitrogen and oxygen atoms in total. The third-order valence-electron chi connectivity index (χ3n) is 5.34. The van der Waals surface area contributed by atoms with E-state index in [2.05, 4.69) is 4.99 Å². The van der Waals surface area contributed by atoms with Gasteiger partial charge in [-0.15, -0.1) is 0 Å². The second kappa shape index (κ2) is 9.46. The highest BCUT2D eigenvalue weighted by molar-refractivity contribution is 7.07. The van der Waals surface area contributed by atoms with E-state index in [0.29, 0.717) is 32.1 Å². The zero-order valence-electron chi connectivity index (χ0n) is 18.8. The molecular formula is C25H24N2O5S. The third kappa shape index (κ3) is 4.34. The van der Waals surface area contributed by atoms with Gasteiger partial charge in [0.25, 0.3) is 5.56 Å². The Bertz CT molecular complexity index is 1400. The summed E-state index contributed by atoms with van der Waals surface area (Å²) in [6.45, 7) is 3.74. The molecule has 1 aliphatic heterocycles. The number of allylic oxidation sites excluding steroid dienone is 1. The number of esters is 1. The summed E-state index contributed by atoms with van der Waals surface area (Å²) in [4.78, 5) is 31.6. The first-order valence-corrected chi connectivity index (χ1v) is 11.3. The minimum absolute atomic E-state index is 0.225. The Morgan fingerprint density at radius 3 is 2.52 bits per heavy atom.